The van der Waals surface area contributed by atoms with Crippen LogP contribution >= 0.6 is 0 Å². The Morgan fingerprint density at radius 2 is 1.70 bits per heavy atom. The van der Waals surface area contributed by atoms with Crippen LogP contribution in [0, 0.1) is 0 Å². The van der Waals surface area contributed by atoms with Gasteiger partial charge < -0.3 is 19.7 Å². The first-order chi connectivity index (χ1) is 12.7. The molecule has 0 atom stereocenters. The molecular formula is C20H29N5O2. The van der Waals surface area contributed by atoms with E-state index in [0.29, 0.717) is 37.8 Å². The van der Waals surface area contributed by atoms with Gasteiger partial charge in [-0.2, -0.15) is 0 Å². The molecule has 1 aliphatic heterocycles. The number of hydrogen-bond donors (Lipinski definition) is 1. The van der Waals surface area contributed by atoms with Crippen LogP contribution in [0.1, 0.15) is 51.0 Å². The maximum absolute atomic E-state index is 12.9. The SMILES string of the molecule is CC(C)n1cnc2cc(C(=O)N3CCN(C(=O)NC(C)(C)C)CC3)ccc21. The Bertz CT molecular complexity index is 842. The van der Waals surface area contributed by atoms with Crippen LogP contribution in [-0.4, -0.2) is 63.0 Å². The molecule has 1 aliphatic rings. The zero-order valence-corrected chi connectivity index (χ0v) is 16.8. The Kier molecular flexibility index (Phi) is 5.13. The lowest BCUT2D eigenvalue weighted by molar-refractivity contribution is 0.0661. The normalized spacial score (nSPS) is 15.5. The van der Waals surface area contributed by atoms with E-state index < -0.39 is 0 Å². The van der Waals surface area contributed by atoms with Crippen LogP contribution in [0.25, 0.3) is 11.0 Å². The first-order valence-electron chi connectivity index (χ1n) is 9.48. The third kappa shape index (κ3) is 4.23. The molecule has 1 N–H and O–H groups in total. The summed E-state index contributed by atoms with van der Waals surface area (Å²) in [5.41, 5.74) is 2.24. The Hall–Kier alpha value is -2.57. The average molecular weight is 371 g/mol. The summed E-state index contributed by atoms with van der Waals surface area (Å²) in [4.78, 5) is 33.1. The number of urea groups is 1. The molecule has 3 rings (SSSR count). The van der Waals surface area contributed by atoms with Gasteiger partial charge in [0.05, 0.1) is 17.4 Å². The van der Waals surface area contributed by atoms with Gasteiger partial charge in [0.25, 0.3) is 5.91 Å². The summed E-state index contributed by atoms with van der Waals surface area (Å²) >= 11 is 0. The maximum atomic E-state index is 12.9. The van der Waals surface area contributed by atoms with E-state index in [9.17, 15) is 9.59 Å². The minimum atomic E-state index is -0.265. The van der Waals surface area contributed by atoms with Crippen molar-refractivity contribution in [2.75, 3.05) is 26.2 Å². The fourth-order valence-corrected chi connectivity index (χ4v) is 3.27. The monoisotopic (exact) mass is 371 g/mol. The molecule has 0 aliphatic carbocycles. The highest BCUT2D eigenvalue weighted by Gasteiger charge is 2.27. The Morgan fingerprint density at radius 3 is 2.30 bits per heavy atom. The Balaban J connectivity index is 1.66. The van der Waals surface area contributed by atoms with Gasteiger partial charge in [-0.1, -0.05) is 0 Å². The van der Waals surface area contributed by atoms with Crippen LogP contribution in [0.15, 0.2) is 24.5 Å². The van der Waals surface area contributed by atoms with Crippen molar-refractivity contribution in [3.63, 3.8) is 0 Å². The lowest BCUT2D eigenvalue weighted by atomic mass is 10.1. The number of carbonyl (C=O) groups is 2. The predicted molar refractivity (Wildman–Crippen MR) is 106 cm³/mol. The lowest BCUT2D eigenvalue weighted by Crippen LogP contribution is -2.56. The molecule has 1 fully saturated rings. The van der Waals surface area contributed by atoms with Gasteiger partial charge in [0.1, 0.15) is 0 Å². The third-order valence-corrected chi connectivity index (χ3v) is 4.71. The number of piperazine rings is 1. The van der Waals surface area contributed by atoms with Gasteiger partial charge in [-0.3, -0.25) is 4.79 Å². The highest BCUT2D eigenvalue weighted by molar-refractivity contribution is 5.97. The van der Waals surface area contributed by atoms with Crippen molar-refractivity contribution < 1.29 is 9.59 Å². The summed E-state index contributed by atoms with van der Waals surface area (Å²) in [5.74, 6) is -0.00752. The number of imidazole rings is 1. The van der Waals surface area contributed by atoms with Crippen molar-refractivity contribution in [2.24, 2.45) is 0 Å². The molecule has 7 nitrogen and oxygen atoms in total. The van der Waals surface area contributed by atoms with Gasteiger partial charge in [0, 0.05) is 43.3 Å². The molecule has 0 spiro atoms. The van der Waals surface area contributed by atoms with E-state index in [0.717, 1.165) is 11.0 Å². The molecule has 1 aromatic carbocycles. The van der Waals surface area contributed by atoms with Crippen LogP contribution in [0.4, 0.5) is 4.79 Å². The van der Waals surface area contributed by atoms with Crippen LogP contribution in [0.5, 0.6) is 0 Å². The minimum absolute atomic E-state index is 0.00752. The maximum Gasteiger partial charge on any atom is 0.317 e. The number of rotatable bonds is 2. The first-order valence-corrected chi connectivity index (χ1v) is 9.48. The van der Waals surface area contributed by atoms with Crippen molar-refractivity contribution in [2.45, 2.75) is 46.2 Å². The van der Waals surface area contributed by atoms with Gasteiger partial charge in [-0.05, 0) is 52.8 Å². The second kappa shape index (κ2) is 7.21. The van der Waals surface area contributed by atoms with E-state index in [4.69, 9.17) is 0 Å². The smallest absolute Gasteiger partial charge is 0.317 e. The number of amides is 3. The highest BCUT2D eigenvalue weighted by Crippen LogP contribution is 2.20. The number of carbonyl (C=O) groups excluding carboxylic acids is 2. The van der Waals surface area contributed by atoms with E-state index in [2.05, 4.69) is 28.7 Å². The van der Waals surface area contributed by atoms with Crippen molar-refractivity contribution >= 4 is 23.0 Å². The van der Waals surface area contributed by atoms with Gasteiger partial charge in [0.2, 0.25) is 0 Å². The fourth-order valence-electron chi connectivity index (χ4n) is 3.27. The van der Waals surface area contributed by atoms with Crippen LogP contribution in [0.3, 0.4) is 0 Å². The summed E-state index contributed by atoms with van der Waals surface area (Å²) in [7, 11) is 0. The van der Waals surface area contributed by atoms with Gasteiger partial charge in [-0.25, -0.2) is 9.78 Å². The average Bonchev–Trinajstić information content (AvgIpc) is 3.03. The number of fused-ring (bicyclic) bond motifs is 1. The van der Waals surface area contributed by atoms with E-state index in [1.807, 2.05) is 50.2 Å². The summed E-state index contributed by atoms with van der Waals surface area (Å²) in [6, 6.07) is 5.93. The van der Waals surface area contributed by atoms with Crippen LogP contribution < -0.4 is 5.32 Å². The summed E-state index contributed by atoms with van der Waals surface area (Å²) < 4.78 is 2.09. The fraction of sp³-hybridized carbons (Fsp3) is 0.550. The van der Waals surface area contributed by atoms with Crippen molar-refractivity contribution in [3.05, 3.63) is 30.1 Å². The summed E-state index contributed by atoms with van der Waals surface area (Å²) in [6.45, 7) is 12.2. The van der Waals surface area contributed by atoms with Gasteiger partial charge in [-0.15, -0.1) is 0 Å². The number of benzene rings is 1. The molecule has 1 aromatic heterocycles. The zero-order valence-electron chi connectivity index (χ0n) is 16.8. The topological polar surface area (TPSA) is 70.5 Å². The Morgan fingerprint density at radius 1 is 1.07 bits per heavy atom. The van der Waals surface area contributed by atoms with Crippen LogP contribution in [0.2, 0.25) is 0 Å². The number of nitrogens with zero attached hydrogens (tertiary/aromatic N) is 4. The standard InChI is InChI=1S/C20H29N5O2/c1-14(2)25-13-21-16-12-15(6-7-17(16)25)18(26)23-8-10-24(11-9-23)19(27)22-20(3,4)5/h6-7,12-14H,8-11H2,1-5H3,(H,22,27). The third-order valence-electron chi connectivity index (χ3n) is 4.71. The molecule has 3 amide bonds. The van der Waals surface area contributed by atoms with Crippen molar-refractivity contribution in [1.29, 1.82) is 0 Å². The van der Waals surface area contributed by atoms with Gasteiger partial charge >= 0.3 is 6.03 Å². The minimum Gasteiger partial charge on any atom is -0.335 e. The number of nitrogens with one attached hydrogen (secondary N) is 1. The van der Waals surface area contributed by atoms with Crippen molar-refractivity contribution in [1.82, 2.24) is 24.7 Å². The molecular weight excluding hydrogens is 342 g/mol. The van der Waals surface area contributed by atoms with E-state index in [1.165, 1.54) is 0 Å². The first kappa shape index (κ1) is 19.2. The molecule has 1 saturated heterocycles. The number of aromatic nitrogens is 2. The molecule has 0 radical (unpaired) electrons. The Labute approximate surface area is 160 Å². The van der Waals surface area contributed by atoms with Crippen LogP contribution in [-0.2, 0) is 0 Å². The molecule has 0 bridgehead atoms. The van der Waals surface area contributed by atoms with E-state index in [-0.39, 0.29) is 17.5 Å². The van der Waals surface area contributed by atoms with Gasteiger partial charge in [0.15, 0.2) is 0 Å². The summed E-state index contributed by atoms with van der Waals surface area (Å²) in [5, 5.41) is 2.97. The molecule has 0 saturated carbocycles. The number of hydrogen-bond acceptors (Lipinski definition) is 3. The predicted octanol–water partition coefficient (Wildman–Crippen LogP) is 2.88. The molecule has 27 heavy (non-hydrogen) atoms. The van der Waals surface area contributed by atoms with E-state index in [1.54, 1.807) is 4.90 Å². The molecule has 7 heteroatoms. The highest BCUT2D eigenvalue weighted by atomic mass is 16.2. The second-order valence-electron chi connectivity index (χ2n) is 8.41. The quantitative estimate of drug-likeness (QED) is 0.882. The van der Waals surface area contributed by atoms with E-state index >= 15 is 0 Å². The zero-order chi connectivity index (χ0) is 19.8. The lowest BCUT2D eigenvalue weighted by Gasteiger charge is -2.36. The molecule has 146 valence electrons. The second-order valence-corrected chi connectivity index (χ2v) is 8.41. The molecule has 2 aromatic rings. The van der Waals surface area contributed by atoms with Crippen molar-refractivity contribution in [3.8, 4) is 0 Å². The largest absolute Gasteiger partial charge is 0.335 e. The molecule has 2 heterocycles. The molecule has 0 unspecified atom stereocenters. The summed E-state index contributed by atoms with van der Waals surface area (Å²) in [6.07, 6.45) is 1.82.